The van der Waals surface area contributed by atoms with Crippen molar-refractivity contribution >= 4 is 17.6 Å². The van der Waals surface area contributed by atoms with Gasteiger partial charge in [0, 0.05) is 6.54 Å². The molecule has 1 heterocycles. The van der Waals surface area contributed by atoms with Crippen molar-refractivity contribution in [1.82, 2.24) is 5.32 Å². The van der Waals surface area contributed by atoms with Crippen LogP contribution in [0.25, 0.3) is 0 Å². The van der Waals surface area contributed by atoms with Gasteiger partial charge < -0.3 is 20.5 Å². The Morgan fingerprint density at radius 1 is 1.40 bits per heavy atom. The van der Waals surface area contributed by atoms with Gasteiger partial charge in [0.1, 0.15) is 13.2 Å². The number of hydrogen-bond donors (Lipinski definition) is 2. The van der Waals surface area contributed by atoms with E-state index < -0.39 is 0 Å². The lowest BCUT2D eigenvalue weighted by molar-refractivity contribution is 0.171. The van der Waals surface area contributed by atoms with E-state index in [2.05, 4.69) is 24.2 Å². The van der Waals surface area contributed by atoms with Crippen molar-refractivity contribution in [3.05, 3.63) is 22.7 Å². The van der Waals surface area contributed by atoms with E-state index in [4.69, 9.17) is 26.8 Å². The van der Waals surface area contributed by atoms with Crippen LogP contribution in [-0.2, 0) is 6.54 Å². The van der Waals surface area contributed by atoms with Crippen molar-refractivity contribution in [1.29, 1.82) is 0 Å². The van der Waals surface area contributed by atoms with Crippen LogP contribution >= 0.6 is 11.6 Å². The summed E-state index contributed by atoms with van der Waals surface area (Å²) in [6, 6.07) is 3.72. The third-order valence-corrected chi connectivity index (χ3v) is 3.06. The Hall–Kier alpha value is -1.62. The van der Waals surface area contributed by atoms with Gasteiger partial charge in [-0.15, -0.1) is 0 Å². The Morgan fingerprint density at radius 2 is 2.15 bits per heavy atom. The molecule has 1 aromatic carbocycles. The van der Waals surface area contributed by atoms with Gasteiger partial charge in [-0.25, -0.2) is 4.99 Å². The molecule has 2 rings (SSSR count). The van der Waals surface area contributed by atoms with Crippen LogP contribution in [0.5, 0.6) is 11.5 Å². The highest BCUT2D eigenvalue weighted by molar-refractivity contribution is 6.32. The number of rotatable bonds is 4. The Kier molecular flexibility index (Phi) is 4.95. The van der Waals surface area contributed by atoms with Crippen LogP contribution in [0.2, 0.25) is 5.02 Å². The van der Waals surface area contributed by atoms with Crippen molar-refractivity contribution in [2.75, 3.05) is 19.8 Å². The first-order chi connectivity index (χ1) is 9.56. The number of nitrogens with two attached hydrogens (primary N) is 1. The number of benzene rings is 1. The Labute approximate surface area is 124 Å². The van der Waals surface area contributed by atoms with Gasteiger partial charge in [0.15, 0.2) is 17.5 Å². The molecule has 0 radical (unpaired) electrons. The highest BCUT2D eigenvalue weighted by atomic mass is 35.5. The maximum Gasteiger partial charge on any atom is 0.188 e. The third kappa shape index (κ3) is 3.93. The largest absolute Gasteiger partial charge is 0.486 e. The molecule has 20 heavy (non-hydrogen) atoms. The molecule has 0 unspecified atom stereocenters. The van der Waals surface area contributed by atoms with E-state index >= 15 is 0 Å². The summed E-state index contributed by atoms with van der Waals surface area (Å²) < 4.78 is 11.0. The number of nitrogens with one attached hydrogen (secondary N) is 1. The first kappa shape index (κ1) is 14.8. The van der Waals surface area contributed by atoms with Crippen LogP contribution in [0, 0.1) is 5.92 Å². The third-order valence-electron chi connectivity index (χ3n) is 2.78. The first-order valence-electron chi connectivity index (χ1n) is 6.68. The van der Waals surface area contributed by atoms with Crippen LogP contribution in [0.15, 0.2) is 17.1 Å². The molecular formula is C14H20ClN3O2. The summed E-state index contributed by atoms with van der Waals surface area (Å²) in [7, 11) is 0. The van der Waals surface area contributed by atoms with Gasteiger partial charge in [0.2, 0.25) is 0 Å². The number of nitrogens with zero attached hydrogens (tertiary/aromatic N) is 1. The lowest BCUT2D eigenvalue weighted by Crippen LogP contribution is -2.34. The molecule has 0 saturated carbocycles. The zero-order valence-electron chi connectivity index (χ0n) is 11.8. The van der Waals surface area contributed by atoms with E-state index in [-0.39, 0.29) is 0 Å². The van der Waals surface area contributed by atoms with E-state index in [1.54, 1.807) is 0 Å². The molecule has 1 aliphatic rings. The smallest absolute Gasteiger partial charge is 0.188 e. The summed E-state index contributed by atoms with van der Waals surface area (Å²) in [5, 5.41) is 3.61. The maximum absolute atomic E-state index is 6.17. The Balaban J connectivity index is 2.03. The molecule has 0 saturated heterocycles. The summed E-state index contributed by atoms with van der Waals surface area (Å²) in [6.07, 6.45) is 0. The molecule has 6 heteroatoms. The van der Waals surface area contributed by atoms with Crippen LogP contribution in [-0.4, -0.2) is 25.7 Å². The number of aliphatic imine (C=N–C) groups is 1. The normalized spacial score (nSPS) is 14.5. The van der Waals surface area contributed by atoms with E-state index in [1.165, 1.54) is 0 Å². The van der Waals surface area contributed by atoms with Crippen LogP contribution in [0.3, 0.4) is 0 Å². The predicted octanol–water partition coefficient (Wildman–Crippen LogP) is 2.17. The number of ether oxygens (including phenoxy) is 2. The Bertz CT molecular complexity index is 503. The van der Waals surface area contributed by atoms with Crippen LogP contribution < -0.4 is 20.5 Å². The summed E-state index contributed by atoms with van der Waals surface area (Å²) in [5.74, 6) is 2.23. The minimum atomic E-state index is 0.435. The minimum absolute atomic E-state index is 0.435. The molecule has 1 aromatic rings. The van der Waals surface area contributed by atoms with Crippen molar-refractivity contribution in [3.63, 3.8) is 0 Å². The summed E-state index contributed by atoms with van der Waals surface area (Å²) in [4.78, 5) is 4.28. The Morgan fingerprint density at radius 3 is 2.90 bits per heavy atom. The fourth-order valence-corrected chi connectivity index (χ4v) is 2.08. The standard InChI is InChI=1S/C14H20ClN3O2/c1-9(2)7-17-14(16)18-8-10-5-11(15)13-12(6-10)19-3-4-20-13/h5-6,9H,3-4,7-8H2,1-2H3,(H3,16,17,18). The van der Waals surface area contributed by atoms with Crippen molar-refractivity contribution in [2.45, 2.75) is 20.4 Å². The van der Waals surface area contributed by atoms with Gasteiger partial charge in [0.05, 0.1) is 11.6 Å². The van der Waals surface area contributed by atoms with Gasteiger partial charge in [-0.3, -0.25) is 0 Å². The second-order valence-electron chi connectivity index (χ2n) is 5.08. The fourth-order valence-electron chi connectivity index (χ4n) is 1.80. The maximum atomic E-state index is 6.17. The molecule has 1 aliphatic heterocycles. The van der Waals surface area contributed by atoms with E-state index in [9.17, 15) is 0 Å². The van der Waals surface area contributed by atoms with Gasteiger partial charge in [0.25, 0.3) is 0 Å². The molecule has 0 spiro atoms. The molecule has 110 valence electrons. The average molecular weight is 298 g/mol. The lowest BCUT2D eigenvalue weighted by Gasteiger charge is -2.20. The number of halogens is 1. The van der Waals surface area contributed by atoms with Gasteiger partial charge in [-0.1, -0.05) is 25.4 Å². The summed E-state index contributed by atoms with van der Waals surface area (Å²) in [6.45, 7) is 6.54. The SMILES string of the molecule is CC(C)CNC(N)=NCc1cc(Cl)c2c(c1)OCCO2. The topological polar surface area (TPSA) is 68.9 Å². The van der Waals surface area contributed by atoms with E-state index in [0.29, 0.717) is 48.2 Å². The molecule has 0 aliphatic carbocycles. The first-order valence-corrected chi connectivity index (χ1v) is 7.06. The highest BCUT2D eigenvalue weighted by Crippen LogP contribution is 2.38. The van der Waals surface area contributed by atoms with Crippen LogP contribution in [0.1, 0.15) is 19.4 Å². The monoisotopic (exact) mass is 297 g/mol. The van der Waals surface area contributed by atoms with E-state index in [1.807, 2.05) is 12.1 Å². The molecule has 0 bridgehead atoms. The average Bonchev–Trinajstić information content (AvgIpc) is 2.43. The summed E-state index contributed by atoms with van der Waals surface area (Å²) in [5.41, 5.74) is 6.73. The molecule has 0 aromatic heterocycles. The number of guanidine groups is 1. The quantitative estimate of drug-likeness (QED) is 0.660. The van der Waals surface area contributed by atoms with Crippen LogP contribution in [0.4, 0.5) is 0 Å². The van der Waals surface area contributed by atoms with Gasteiger partial charge in [-0.2, -0.15) is 0 Å². The summed E-state index contributed by atoms with van der Waals surface area (Å²) >= 11 is 6.17. The fraction of sp³-hybridized carbons (Fsp3) is 0.500. The zero-order chi connectivity index (χ0) is 14.5. The molecule has 0 fully saturated rings. The molecular weight excluding hydrogens is 278 g/mol. The highest BCUT2D eigenvalue weighted by Gasteiger charge is 2.16. The van der Waals surface area contributed by atoms with Gasteiger partial charge in [-0.05, 0) is 23.6 Å². The van der Waals surface area contributed by atoms with Gasteiger partial charge >= 0.3 is 0 Å². The molecule has 0 atom stereocenters. The second-order valence-corrected chi connectivity index (χ2v) is 5.49. The lowest BCUT2D eigenvalue weighted by atomic mass is 10.2. The molecule has 0 amide bonds. The second kappa shape index (κ2) is 6.70. The predicted molar refractivity (Wildman–Crippen MR) is 80.6 cm³/mol. The molecule has 5 nitrogen and oxygen atoms in total. The minimum Gasteiger partial charge on any atom is -0.486 e. The zero-order valence-corrected chi connectivity index (χ0v) is 12.5. The number of hydrogen-bond acceptors (Lipinski definition) is 3. The van der Waals surface area contributed by atoms with E-state index in [0.717, 1.165) is 12.1 Å². The van der Waals surface area contributed by atoms with Crippen molar-refractivity contribution in [2.24, 2.45) is 16.6 Å². The van der Waals surface area contributed by atoms with Crippen molar-refractivity contribution in [3.8, 4) is 11.5 Å². The van der Waals surface area contributed by atoms with Crippen molar-refractivity contribution < 1.29 is 9.47 Å². The molecule has 3 N–H and O–H groups in total. The number of fused-ring (bicyclic) bond motifs is 1.